The number of nitro groups is 1. The zero-order valence-corrected chi connectivity index (χ0v) is 17.7. The number of thiazole rings is 1. The van der Waals surface area contributed by atoms with Crippen LogP contribution in [0, 0.1) is 16.0 Å². The molecular formula is C21H18N4O6S. The fourth-order valence-electron chi connectivity index (χ4n) is 4.28. The lowest BCUT2D eigenvalue weighted by atomic mass is 9.83. The first kappa shape index (κ1) is 20.3. The Morgan fingerprint density at radius 3 is 2.81 bits per heavy atom. The highest BCUT2D eigenvalue weighted by Gasteiger charge is 2.57. The van der Waals surface area contributed by atoms with E-state index in [-0.39, 0.29) is 29.9 Å². The molecule has 2 aliphatic heterocycles. The van der Waals surface area contributed by atoms with E-state index in [1.165, 1.54) is 40.5 Å². The number of non-ortho nitro benzene ring substituents is 1. The van der Waals surface area contributed by atoms with E-state index in [0.717, 1.165) is 9.71 Å². The number of nitro benzene ring substituents is 1. The predicted molar refractivity (Wildman–Crippen MR) is 113 cm³/mol. The number of imidazole rings is 1. The number of β-lactam (4-membered cyclic amide) rings is 1. The highest BCUT2D eigenvalue weighted by atomic mass is 32.1. The third-order valence-electron chi connectivity index (χ3n) is 5.84. The number of ether oxygens (including phenoxy) is 1. The van der Waals surface area contributed by atoms with Gasteiger partial charge in [-0.2, -0.15) is 0 Å². The van der Waals surface area contributed by atoms with Gasteiger partial charge in [-0.05, 0) is 31.0 Å². The van der Waals surface area contributed by atoms with Crippen LogP contribution in [0.1, 0.15) is 23.8 Å². The number of rotatable bonds is 6. The summed E-state index contributed by atoms with van der Waals surface area (Å²) in [5.74, 6) is -1.50. The van der Waals surface area contributed by atoms with E-state index in [9.17, 15) is 24.8 Å². The van der Waals surface area contributed by atoms with E-state index in [4.69, 9.17) is 4.74 Å². The summed E-state index contributed by atoms with van der Waals surface area (Å²) in [6, 6.07) is 5.43. The molecule has 1 fully saturated rings. The number of carbonyl (C=O) groups is 2. The molecule has 2 aliphatic rings. The Balaban J connectivity index is 1.43. The normalized spacial score (nSPS) is 20.9. The molecule has 5 rings (SSSR count). The van der Waals surface area contributed by atoms with E-state index < -0.39 is 22.9 Å². The molecule has 0 saturated carbocycles. The van der Waals surface area contributed by atoms with Gasteiger partial charge in [-0.25, -0.2) is 9.78 Å². The van der Waals surface area contributed by atoms with Gasteiger partial charge in [-0.3, -0.25) is 19.3 Å². The molecule has 3 atom stereocenters. The lowest BCUT2D eigenvalue weighted by molar-refractivity contribution is -0.384. The van der Waals surface area contributed by atoms with Crippen LogP contribution < -0.4 is 0 Å². The molecular weight excluding hydrogens is 436 g/mol. The summed E-state index contributed by atoms with van der Waals surface area (Å²) < 4.78 is 7.32. The third-order valence-corrected chi connectivity index (χ3v) is 6.93. The van der Waals surface area contributed by atoms with Crippen molar-refractivity contribution in [2.24, 2.45) is 5.92 Å². The van der Waals surface area contributed by atoms with Crippen LogP contribution in [-0.2, 0) is 20.9 Å². The lowest BCUT2D eigenvalue weighted by Crippen LogP contribution is -2.61. The molecule has 0 spiro atoms. The quantitative estimate of drug-likeness (QED) is 0.262. The smallest absolute Gasteiger partial charge is 0.355 e. The molecule has 3 aromatic rings. The predicted octanol–water partition coefficient (Wildman–Crippen LogP) is 2.37. The maximum atomic E-state index is 13.1. The molecule has 2 aromatic heterocycles. The average Bonchev–Trinajstić information content (AvgIpc) is 3.43. The Kier molecular flexibility index (Phi) is 4.79. The topological polar surface area (TPSA) is 127 Å². The lowest BCUT2D eigenvalue weighted by Gasteiger charge is -2.44. The molecule has 1 amide bonds. The fourth-order valence-corrected chi connectivity index (χ4v) is 5.30. The van der Waals surface area contributed by atoms with E-state index in [0.29, 0.717) is 17.6 Å². The molecule has 1 N–H and O–H groups in total. The van der Waals surface area contributed by atoms with Crippen molar-refractivity contribution in [1.82, 2.24) is 14.3 Å². The van der Waals surface area contributed by atoms with Gasteiger partial charge in [0.05, 0.1) is 40.4 Å². The molecule has 11 heteroatoms. The molecule has 10 nitrogen and oxygen atoms in total. The van der Waals surface area contributed by atoms with E-state index in [1.54, 1.807) is 19.4 Å². The number of esters is 1. The van der Waals surface area contributed by atoms with Crippen molar-refractivity contribution in [2.45, 2.75) is 32.1 Å². The second kappa shape index (κ2) is 7.53. The molecule has 1 saturated heterocycles. The molecule has 0 unspecified atom stereocenters. The van der Waals surface area contributed by atoms with Crippen molar-refractivity contribution in [2.75, 3.05) is 0 Å². The zero-order chi connectivity index (χ0) is 22.6. The fraction of sp³-hybridized carbons (Fsp3) is 0.286. The van der Waals surface area contributed by atoms with Crippen molar-refractivity contribution in [3.05, 3.63) is 69.2 Å². The standard InChI is InChI=1S/C21H18N4O6S/c1-11(26)18-15-6-14(16-8-23-10-22-7-17(23)32-16)19(24(15)20(18)27)21(28)31-9-12-2-4-13(5-3-12)25(29)30/h2-5,7-8,10-11,15,18,26H,6,9H2,1H3/t11-,15-,18-/m1/s1. The zero-order valence-electron chi connectivity index (χ0n) is 16.9. The highest BCUT2D eigenvalue weighted by molar-refractivity contribution is 7.18. The van der Waals surface area contributed by atoms with Crippen LogP contribution in [0.15, 0.2) is 48.7 Å². The SMILES string of the molecule is C[C@@H](O)[C@H]1C(=O)N2C(C(=O)OCc3ccc([N+](=O)[O-])cc3)=C(c3cn4cncc4s3)C[C@H]12. The number of nitrogens with zero attached hydrogens (tertiary/aromatic N) is 4. The number of carbonyl (C=O) groups excluding carboxylic acids is 2. The molecule has 0 radical (unpaired) electrons. The van der Waals surface area contributed by atoms with Crippen molar-refractivity contribution in [3.63, 3.8) is 0 Å². The molecule has 164 valence electrons. The minimum Gasteiger partial charge on any atom is -0.456 e. The van der Waals surface area contributed by atoms with Crippen molar-refractivity contribution in [3.8, 4) is 0 Å². The van der Waals surface area contributed by atoms with Crippen molar-refractivity contribution < 1.29 is 24.4 Å². The van der Waals surface area contributed by atoms with E-state index in [1.807, 2.05) is 10.6 Å². The van der Waals surface area contributed by atoms with Gasteiger partial charge in [0.1, 0.15) is 17.1 Å². The maximum Gasteiger partial charge on any atom is 0.355 e. The Labute approximate surface area is 185 Å². The number of benzene rings is 1. The van der Waals surface area contributed by atoms with Gasteiger partial charge in [0.15, 0.2) is 0 Å². The number of hydrogen-bond acceptors (Lipinski definition) is 8. The Bertz CT molecular complexity index is 1250. The van der Waals surface area contributed by atoms with Gasteiger partial charge in [-0.15, -0.1) is 11.3 Å². The van der Waals surface area contributed by atoms with Crippen LogP contribution in [0.3, 0.4) is 0 Å². The van der Waals surface area contributed by atoms with Gasteiger partial charge >= 0.3 is 5.97 Å². The first-order valence-electron chi connectivity index (χ1n) is 9.91. The van der Waals surface area contributed by atoms with Gasteiger partial charge < -0.3 is 14.7 Å². The van der Waals surface area contributed by atoms with Crippen LogP contribution in [0.2, 0.25) is 0 Å². The monoisotopic (exact) mass is 454 g/mol. The molecule has 32 heavy (non-hydrogen) atoms. The first-order valence-corrected chi connectivity index (χ1v) is 10.7. The molecule has 4 heterocycles. The highest BCUT2D eigenvalue weighted by Crippen LogP contribution is 2.48. The van der Waals surface area contributed by atoms with Gasteiger partial charge in [0.25, 0.3) is 5.69 Å². The maximum absolute atomic E-state index is 13.1. The summed E-state index contributed by atoms with van der Waals surface area (Å²) in [5.41, 5.74) is 1.43. The van der Waals surface area contributed by atoms with Crippen LogP contribution >= 0.6 is 11.3 Å². The largest absolute Gasteiger partial charge is 0.456 e. The average molecular weight is 454 g/mol. The van der Waals surface area contributed by atoms with Crippen LogP contribution in [0.4, 0.5) is 5.69 Å². The summed E-state index contributed by atoms with van der Waals surface area (Å²) in [7, 11) is 0. The second-order valence-electron chi connectivity index (χ2n) is 7.81. The minimum atomic E-state index is -0.816. The van der Waals surface area contributed by atoms with Crippen molar-refractivity contribution in [1.29, 1.82) is 0 Å². The number of fused-ring (bicyclic) bond motifs is 2. The van der Waals surface area contributed by atoms with E-state index >= 15 is 0 Å². The Morgan fingerprint density at radius 1 is 1.41 bits per heavy atom. The van der Waals surface area contributed by atoms with Gasteiger partial charge in [-0.1, -0.05) is 0 Å². The number of hydrogen-bond donors (Lipinski definition) is 1. The van der Waals surface area contributed by atoms with Gasteiger partial charge in [0, 0.05) is 23.9 Å². The Morgan fingerprint density at radius 2 is 2.16 bits per heavy atom. The Hall–Kier alpha value is -3.57. The van der Waals surface area contributed by atoms with Crippen LogP contribution in [-0.4, -0.2) is 48.3 Å². The third kappa shape index (κ3) is 3.17. The minimum absolute atomic E-state index is 0.0531. The van der Waals surface area contributed by atoms with Crippen LogP contribution in [0.25, 0.3) is 10.4 Å². The van der Waals surface area contributed by atoms with E-state index in [2.05, 4.69) is 4.98 Å². The molecule has 1 aromatic carbocycles. The van der Waals surface area contributed by atoms with Gasteiger partial charge in [0.2, 0.25) is 5.91 Å². The number of amides is 1. The molecule has 0 bridgehead atoms. The second-order valence-corrected chi connectivity index (χ2v) is 8.87. The summed E-state index contributed by atoms with van der Waals surface area (Å²) in [6.45, 7) is 1.49. The van der Waals surface area contributed by atoms with Crippen molar-refractivity contribution >= 4 is 39.3 Å². The first-order chi connectivity index (χ1) is 15.3. The molecule has 0 aliphatic carbocycles. The summed E-state index contributed by atoms with van der Waals surface area (Å²) >= 11 is 1.45. The van der Waals surface area contributed by atoms with Crippen LogP contribution in [0.5, 0.6) is 0 Å². The summed E-state index contributed by atoms with van der Waals surface area (Å²) in [5, 5.41) is 20.8. The number of aromatic nitrogens is 2. The summed E-state index contributed by atoms with van der Waals surface area (Å²) in [6.07, 6.45) is 4.87. The summed E-state index contributed by atoms with van der Waals surface area (Å²) in [4.78, 5) is 43.3. The number of aliphatic hydroxyl groups is 1. The number of aliphatic hydroxyl groups excluding tert-OH is 1.